The zero-order valence-electron chi connectivity index (χ0n) is 15.3. The van der Waals surface area contributed by atoms with Crippen LogP contribution in [0.5, 0.6) is 0 Å². The van der Waals surface area contributed by atoms with E-state index >= 15 is 0 Å². The molecular weight excluding hydrogens is 459 g/mol. The molecule has 0 aliphatic carbocycles. The zero-order chi connectivity index (χ0) is 21.6. The first kappa shape index (κ1) is 20.9. The highest BCUT2D eigenvalue weighted by Crippen LogP contribution is 2.36. The molecule has 156 valence electrons. The minimum atomic E-state index is -4.57. The van der Waals surface area contributed by atoms with Crippen molar-refractivity contribution in [3.8, 4) is 5.69 Å². The summed E-state index contributed by atoms with van der Waals surface area (Å²) < 4.78 is 42.0. The Labute approximate surface area is 182 Å². The van der Waals surface area contributed by atoms with Crippen molar-refractivity contribution in [1.82, 2.24) is 24.1 Å². The average Bonchev–Trinajstić information content (AvgIpc) is 3.35. The highest BCUT2D eigenvalue weighted by Gasteiger charge is 2.35. The molecule has 30 heavy (non-hydrogen) atoms. The lowest BCUT2D eigenvalue weighted by molar-refractivity contribution is -0.140. The van der Waals surface area contributed by atoms with Crippen LogP contribution in [0.1, 0.15) is 28.7 Å². The van der Waals surface area contributed by atoms with E-state index in [4.69, 9.17) is 11.6 Å². The summed E-state index contributed by atoms with van der Waals surface area (Å²) in [6.07, 6.45) is -3.08. The lowest BCUT2D eigenvalue weighted by Crippen LogP contribution is -2.25. The second kappa shape index (κ2) is 7.71. The third-order valence-corrected chi connectivity index (χ3v) is 6.19. The molecule has 0 N–H and O–H groups in total. The van der Waals surface area contributed by atoms with Crippen LogP contribution < -0.4 is 5.56 Å². The Morgan fingerprint density at radius 3 is 2.53 bits per heavy atom. The standard InChI is InChI=1S/C18H13ClF3N5OS2/c1-2-26-8-23-12-14(26)25-15(13(29)16-24-11(7-30-16)18(20,21)22)27(17(12)28)10-5-3-9(19)4-6-10/h3-8,13,29H,2H2,1H3. The van der Waals surface area contributed by atoms with Gasteiger partial charge in [0, 0.05) is 16.9 Å². The van der Waals surface area contributed by atoms with Crippen molar-refractivity contribution in [2.75, 3.05) is 0 Å². The molecule has 0 aliphatic heterocycles. The lowest BCUT2D eigenvalue weighted by atomic mass is 10.2. The van der Waals surface area contributed by atoms with Crippen LogP contribution in [0.25, 0.3) is 16.9 Å². The summed E-state index contributed by atoms with van der Waals surface area (Å²) in [7, 11) is 0. The fraction of sp³-hybridized carbons (Fsp3) is 0.222. The number of rotatable bonds is 4. The first-order chi connectivity index (χ1) is 14.2. The molecule has 0 fully saturated rings. The van der Waals surface area contributed by atoms with Gasteiger partial charge in [0.1, 0.15) is 16.1 Å². The maximum atomic E-state index is 13.2. The molecule has 3 aromatic heterocycles. The fourth-order valence-electron chi connectivity index (χ4n) is 2.92. The van der Waals surface area contributed by atoms with Gasteiger partial charge >= 0.3 is 6.18 Å². The Morgan fingerprint density at radius 2 is 1.93 bits per heavy atom. The minimum Gasteiger partial charge on any atom is -0.315 e. The van der Waals surface area contributed by atoms with Crippen molar-refractivity contribution >= 4 is 46.7 Å². The van der Waals surface area contributed by atoms with Crippen molar-refractivity contribution < 1.29 is 13.2 Å². The molecule has 12 heteroatoms. The SMILES string of the molecule is CCn1cnc2c(=O)n(-c3ccc(Cl)cc3)c(C(S)c3nc(C(F)(F)F)cs3)nc21. The molecule has 0 amide bonds. The van der Waals surface area contributed by atoms with E-state index in [1.165, 1.54) is 10.9 Å². The average molecular weight is 472 g/mol. The number of fused-ring (bicyclic) bond motifs is 1. The van der Waals surface area contributed by atoms with Gasteiger partial charge in [-0.15, -0.1) is 11.3 Å². The number of aromatic nitrogens is 5. The summed E-state index contributed by atoms with van der Waals surface area (Å²) in [6, 6.07) is 6.42. The molecular formula is C18H13ClF3N5OS2. The number of alkyl halides is 3. The van der Waals surface area contributed by atoms with Gasteiger partial charge in [0.25, 0.3) is 5.56 Å². The van der Waals surface area contributed by atoms with Crippen LogP contribution in [-0.2, 0) is 12.7 Å². The summed E-state index contributed by atoms with van der Waals surface area (Å²) in [4.78, 5) is 25.6. The summed E-state index contributed by atoms with van der Waals surface area (Å²) in [6.45, 7) is 2.38. The number of thiol groups is 1. The highest BCUT2D eigenvalue weighted by atomic mass is 35.5. The molecule has 6 nitrogen and oxygen atoms in total. The Kier molecular flexibility index (Phi) is 5.37. The Morgan fingerprint density at radius 1 is 1.23 bits per heavy atom. The molecule has 0 saturated carbocycles. The third-order valence-electron chi connectivity index (χ3n) is 4.38. The third kappa shape index (κ3) is 3.61. The predicted octanol–water partition coefficient (Wildman–Crippen LogP) is 4.75. The van der Waals surface area contributed by atoms with E-state index in [9.17, 15) is 18.0 Å². The van der Waals surface area contributed by atoms with E-state index < -0.39 is 22.7 Å². The lowest BCUT2D eigenvalue weighted by Gasteiger charge is -2.16. The normalized spacial score (nSPS) is 13.1. The van der Waals surface area contributed by atoms with E-state index in [1.807, 2.05) is 6.92 Å². The van der Waals surface area contributed by atoms with E-state index in [1.54, 1.807) is 28.8 Å². The first-order valence-electron chi connectivity index (χ1n) is 8.65. The number of aryl methyl sites for hydroxylation is 1. The van der Waals surface area contributed by atoms with Crippen LogP contribution in [-0.4, -0.2) is 24.1 Å². The molecule has 0 aliphatic rings. The molecule has 1 unspecified atom stereocenters. The van der Waals surface area contributed by atoms with E-state index in [-0.39, 0.29) is 16.3 Å². The molecule has 4 aromatic rings. The molecule has 3 heterocycles. The van der Waals surface area contributed by atoms with Crippen LogP contribution in [0.4, 0.5) is 13.2 Å². The van der Waals surface area contributed by atoms with Gasteiger partial charge < -0.3 is 4.57 Å². The van der Waals surface area contributed by atoms with E-state index in [0.717, 1.165) is 16.7 Å². The van der Waals surface area contributed by atoms with Crippen molar-refractivity contribution in [3.05, 3.63) is 67.9 Å². The maximum absolute atomic E-state index is 13.2. The number of nitrogens with zero attached hydrogens (tertiary/aromatic N) is 5. The van der Waals surface area contributed by atoms with Crippen molar-refractivity contribution in [2.45, 2.75) is 24.9 Å². The molecule has 1 atom stereocenters. The van der Waals surface area contributed by atoms with Crippen molar-refractivity contribution in [2.24, 2.45) is 0 Å². The van der Waals surface area contributed by atoms with Crippen LogP contribution in [0.15, 0.2) is 40.8 Å². The number of imidazole rings is 1. The number of halogens is 4. The van der Waals surface area contributed by atoms with Crippen LogP contribution in [0, 0.1) is 0 Å². The number of hydrogen-bond donors (Lipinski definition) is 1. The minimum absolute atomic E-state index is 0.0715. The van der Waals surface area contributed by atoms with Crippen LogP contribution in [0.3, 0.4) is 0 Å². The Hall–Kier alpha value is -2.37. The van der Waals surface area contributed by atoms with Gasteiger partial charge in [-0.1, -0.05) is 11.6 Å². The molecule has 0 saturated heterocycles. The van der Waals surface area contributed by atoms with Crippen LogP contribution >= 0.6 is 35.6 Å². The Balaban J connectivity index is 1.96. The quantitative estimate of drug-likeness (QED) is 0.436. The summed E-state index contributed by atoms with van der Waals surface area (Å²) >= 11 is 11.2. The molecule has 4 rings (SSSR count). The van der Waals surface area contributed by atoms with E-state index in [2.05, 4.69) is 27.6 Å². The second-order valence-electron chi connectivity index (χ2n) is 6.26. The van der Waals surface area contributed by atoms with Gasteiger partial charge in [0.05, 0.1) is 12.0 Å². The highest BCUT2D eigenvalue weighted by molar-refractivity contribution is 7.80. The summed E-state index contributed by atoms with van der Waals surface area (Å²) in [5, 5.41) is 0.481. The van der Waals surface area contributed by atoms with Crippen LogP contribution in [0.2, 0.25) is 5.02 Å². The molecule has 0 bridgehead atoms. The largest absolute Gasteiger partial charge is 0.434 e. The number of thiazole rings is 1. The number of hydrogen-bond acceptors (Lipinski definition) is 6. The van der Waals surface area contributed by atoms with E-state index in [0.29, 0.717) is 22.9 Å². The fourth-order valence-corrected chi connectivity index (χ4v) is 4.26. The predicted molar refractivity (Wildman–Crippen MR) is 112 cm³/mol. The molecule has 1 aromatic carbocycles. The second-order valence-corrected chi connectivity index (χ2v) is 8.10. The van der Waals surface area contributed by atoms with Gasteiger partial charge in [-0.05, 0) is 31.2 Å². The van der Waals surface area contributed by atoms with Gasteiger partial charge in [0.15, 0.2) is 16.9 Å². The zero-order valence-corrected chi connectivity index (χ0v) is 17.7. The maximum Gasteiger partial charge on any atom is 0.434 e. The number of benzene rings is 1. The first-order valence-corrected chi connectivity index (χ1v) is 10.4. The van der Waals surface area contributed by atoms with Gasteiger partial charge in [0.2, 0.25) is 0 Å². The smallest absolute Gasteiger partial charge is 0.315 e. The topological polar surface area (TPSA) is 65.6 Å². The molecule has 0 radical (unpaired) electrons. The van der Waals surface area contributed by atoms with Crippen molar-refractivity contribution in [1.29, 1.82) is 0 Å². The van der Waals surface area contributed by atoms with Gasteiger partial charge in [-0.2, -0.15) is 25.8 Å². The van der Waals surface area contributed by atoms with Gasteiger partial charge in [-0.3, -0.25) is 9.36 Å². The van der Waals surface area contributed by atoms with Gasteiger partial charge in [-0.25, -0.2) is 15.0 Å². The van der Waals surface area contributed by atoms with Crippen molar-refractivity contribution in [3.63, 3.8) is 0 Å². The summed E-state index contributed by atoms with van der Waals surface area (Å²) in [5.74, 6) is 0.136. The molecule has 0 spiro atoms. The summed E-state index contributed by atoms with van der Waals surface area (Å²) in [5.41, 5.74) is -0.565. The monoisotopic (exact) mass is 471 g/mol. The Bertz CT molecular complexity index is 1280.